The fourth-order valence-corrected chi connectivity index (χ4v) is 2.53. The molecule has 0 saturated heterocycles. The van der Waals surface area contributed by atoms with Crippen LogP contribution in [-0.2, 0) is 19.7 Å². The van der Waals surface area contributed by atoms with Crippen molar-refractivity contribution in [2.45, 2.75) is 44.6 Å². The minimum Gasteiger partial charge on any atom is -0.508 e. The zero-order valence-electron chi connectivity index (χ0n) is 13.2. The number of ether oxygens (including phenoxy) is 1. The van der Waals surface area contributed by atoms with E-state index in [0.29, 0.717) is 0 Å². The average Bonchev–Trinajstić information content (AvgIpc) is 2.34. The highest BCUT2D eigenvalue weighted by molar-refractivity contribution is 6.03. The molecule has 1 aliphatic rings. The number of nitrogens with one attached hydrogen (secondary N) is 1. The van der Waals surface area contributed by atoms with Gasteiger partial charge in [0.15, 0.2) is 0 Å². The average molecular weight is 321 g/mol. The molecule has 0 unspecified atom stereocenters. The summed E-state index contributed by atoms with van der Waals surface area (Å²) in [5.74, 6) is -1.50. The van der Waals surface area contributed by atoms with E-state index in [1.165, 1.54) is 18.2 Å². The van der Waals surface area contributed by atoms with Gasteiger partial charge in [-0.15, -0.1) is 0 Å². The van der Waals surface area contributed by atoms with Crippen LogP contribution in [0.4, 0.5) is 10.5 Å². The number of ketones is 1. The molecule has 0 aliphatic heterocycles. The van der Waals surface area contributed by atoms with Crippen LogP contribution in [-0.4, -0.2) is 33.7 Å². The Morgan fingerprint density at radius 2 is 1.87 bits per heavy atom. The number of Topliss-reactive ketones (excluding diaryl/α,β-unsaturated/α-hetero) is 1. The van der Waals surface area contributed by atoms with Crippen molar-refractivity contribution in [2.75, 3.05) is 5.32 Å². The van der Waals surface area contributed by atoms with Gasteiger partial charge in [-0.05, 0) is 44.5 Å². The lowest BCUT2D eigenvalue weighted by molar-refractivity contribution is -0.153. The first kappa shape index (κ1) is 16.8. The molecule has 124 valence electrons. The number of aromatic hydroxyl groups is 1. The molecule has 0 spiro atoms. The highest BCUT2D eigenvalue weighted by Crippen LogP contribution is 2.45. The lowest BCUT2D eigenvalue weighted by Crippen LogP contribution is -2.48. The van der Waals surface area contributed by atoms with Crippen LogP contribution in [0.2, 0.25) is 0 Å². The summed E-state index contributed by atoms with van der Waals surface area (Å²) in [5, 5.41) is 21.7. The Balaban J connectivity index is 2.37. The Morgan fingerprint density at radius 3 is 2.35 bits per heavy atom. The van der Waals surface area contributed by atoms with Crippen molar-refractivity contribution in [1.82, 2.24) is 0 Å². The van der Waals surface area contributed by atoms with Crippen LogP contribution in [0.25, 0.3) is 0 Å². The van der Waals surface area contributed by atoms with Crippen LogP contribution in [0.1, 0.15) is 39.2 Å². The zero-order chi connectivity index (χ0) is 17.4. The van der Waals surface area contributed by atoms with Crippen molar-refractivity contribution < 1.29 is 29.3 Å². The van der Waals surface area contributed by atoms with Crippen LogP contribution < -0.4 is 5.32 Å². The molecule has 0 heterocycles. The maximum atomic E-state index is 11.9. The topological polar surface area (TPSA) is 113 Å². The van der Waals surface area contributed by atoms with Crippen LogP contribution in [0.3, 0.4) is 0 Å². The summed E-state index contributed by atoms with van der Waals surface area (Å²) in [6.45, 7) is 5.11. The van der Waals surface area contributed by atoms with Crippen molar-refractivity contribution in [2.24, 2.45) is 0 Å². The van der Waals surface area contributed by atoms with E-state index in [2.05, 4.69) is 5.32 Å². The quantitative estimate of drug-likeness (QED) is 0.737. The molecule has 1 aromatic carbocycles. The third-order valence-corrected chi connectivity index (χ3v) is 3.56. The second-order valence-corrected chi connectivity index (χ2v) is 6.64. The Bertz CT molecular complexity index is 666. The number of carboxylic acid groups (broad SMARTS) is 1. The fourth-order valence-electron chi connectivity index (χ4n) is 2.53. The number of carboxylic acids is 1. The monoisotopic (exact) mass is 321 g/mol. The van der Waals surface area contributed by atoms with E-state index in [9.17, 15) is 24.6 Å². The molecule has 1 aromatic rings. The van der Waals surface area contributed by atoms with E-state index in [1.54, 1.807) is 20.8 Å². The van der Waals surface area contributed by atoms with E-state index >= 15 is 0 Å². The highest BCUT2D eigenvalue weighted by Gasteiger charge is 2.53. The molecule has 0 radical (unpaired) electrons. The van der Waals surface area contributed by atoms with Gasteiger partial charge in [0, 0.05) is 18.5 Å². The highest BCUT2D eigenvalue weighted by atomic mass is 16.6. The van der Waals surface area contributed by atoms with Gasteiger partial charge in [-0.1, -0.05) is 0 Å². The molecule has 23 heavy (non-hydrogen) atoms. The number of anilines is 1. The molecule has 1 saturated carbocycles. The molecule has 0 aromatic heterocycles. The summed E-state index contributed by atoms with van der Waals surface area (Å²) in [7, 11) is 0. The standard InChI is InChI=1S/C16H19NO6/c1-15(2,3)23-14(22)17-12-5-4-9(18)6-11(12)16(13(20)21)7-10(19)8-16/h4-6,18H,7-8H2,1-3H3,(H,17,22)(H,20,21). The number of hydrogen-bond acceptors (Lipinski definition) is 5. The third-order valence-electron chi connectivity index (χ3n) is 3.56. The van der Waals surface area contributed by atoms with Gasteiger partial charge in [0.1, 0.15) is 22.5 Å². The maximum absolute atomic E-state index is 11.9. The first-order valence-electron chi connectivity index (χ1n) is 7.12. The van der Waals surface area contributed by atoms with Gasteiger partial charge >= 0.3 is 12.1 Å². The van der Waals surface area contributed by atoms with E-state index in [-0.39, 0.29) is 35.6 Å². The Morgan fingerprint density at radius 1 is 1.26 bits per heavy atom. The summed E-state index contributed by atoms with van der Waals surface area (Å²) in [6.07, 6.45) is -1.08. The predicted molar refractivity (Wildman–Crippen MR) is 81.5 cm³/mol. The molecule has 1 aliphatic carbocycles. The molecular weight excluding hydrogens is 302 g/mol. The number of benzene rings is 1. The largest absolute Gasteiger partial charge is 0.508 e. The Labute approximate surface area is 133 Å². The van der Waals surface area contributed by atoms with E-state index in [1.807, 2.05) is 0 Å². The van der Waals surface area contributed by atoms with Crippen LogP contribution in [0.5, 0.6) is 5.75 Å². The van der Waals surface area contributed by atoms with Crippen molar-refractivity contribution in [3.8, 4) is 5.75 Å². The lowest BCUT2D eigenvalue weighted by atomic mass is 9.63. The molecule has 7 heteroatoms. The van der Waals surface area contributed by atoms with Gasteiger partial charge in [-0.2, -0.15) is 0 Å². The molecule has 3 N–H and O–H groups in total. The van der Waals surface area contributed by atoms with Crippen LogP contribution in [0.15, 0.2) is 18.2 Å². The summed E-state index contributed by atoms with van der Waals surface area (Å²) < 4.78 is 5.15. The van der Waals surface area contributed by atoms with E-state index in [0.717, 1.165) is 0 Å². The molecule has 1 amide bonds. The Kier molecular flexibility index (Phi) is 4.07. The smallest absolute Gasteiger partial charge is 0.412 e. The summed E-state index contributed by atoms with van der Waals surface area (Å²) in [6, 6.07) is 3.97. The minimum absolute atomic E-state index is 0.144. The van der Waals surface area contributed by atoms with Crippen LogP contribution >= 0.6 is 0 Å². The number of amides is 1. The lowest BCUT2D eigenvalue weighted by Gasteiger charge is -2.37. The number of aliphatic carboxylic acids is 1. The molecule has 2 rings (SSSR count). The molecular formula is C16H19NO6. The molecule has 0 bridgehead atoms. The first-order chi connectivity index (χ1) is 10.5. The van der Waals surface area contributed by atoms with Crippen molar-refractivity contribution in [3.05, 3.63) is 23.8 Å². The Hall–Kier alpha value is -2.57. The number of carbonyl (C=O) groups excluding carboxylic acids is 2. The SMILES string of the molecule is CC(C)(C)OC(=O)Nc1ccc(O)cc1C1(C(=O)O)CC(=O)C1. The van der Waals surface area contributed by atoms with Gasteiger partial charge in [0.2, 0.25) is 0 Å². The second kappa shape index (κ2) is 5.57. The maximum Gasteiger partial charge on any atom is 0.412 e. The van der Waals surface area contributed by atoms with Gasteiger partial charge in [0.25, 0.3) is 0 Å². The van der Waals surface area contributed by atoms with Crippen LogP contribution in [0, 0.1) is 0 Å². The summed E-state index contributed by atoms with van der Waals surface area (Å²) >= 11 is 0. The number of hydrogen-bond donors (Lipinski definition) is 3. The number of phenols is 1. The normalized spacial score (nSPS) is 16.4. The summed E-state index contributed by atoms with van der Waals surface area (Å²) in [4.78, 5) is 34.9. The van der Waals surface area contributed by atoms with Gasteiger partial charge in [-0.25, -0.2) is 4.79 Å². The van der Waals surface area contributed by atoms with Gasteiger partial charge in [0.05, 0.1) is 0 Å². The summed E-state index contributed by atoms with van der Waals surface area (Å²) in [5.41, 5.74) is -1.75. The number of phenolic OH excluding ortho intramolecular Hbond substituents is 1. The van der Waals surface area contributed by atoms with Gasteiger partial charge < -0.3 is 14.9 Å². The number of carbonyl (C=O) groups is 3. The fraction of sp³-hybridized carbons (Fsp3) is 0.438. The minimum atomic E-state index is -1.43. The second-order valence-electron chi connectivity index (χ2n) is 6.64. The van der Waals surface area contributed by atoms with Gasteiger partial charge in [-0.3, -0.25) is 14.9 Å². The number of rotatable bonds is 3. The van der Waals surface area contributed by atoms with E-state index < -0.39 is 23.1 Å². The van der Waals surface area contributed by atoms with Crippen molar-refractivity contribution in [3.63, 3.8) is 0 Å². The molecule has 1 fully saturated rings. The molecule has 7 nitrogen and oxygen atoms in total. The predicted octanol–water partition coefficient (Wildman–Crippen LogP) is 2.42. The van der Waals surface area contributed by atoms with Crippen molar-refractivity contribution >= 4 is 23.5 Å². The van der Waals surface area contributed by atoms with E-state index in [4.69, 9.17) is 4.74 Å². The van der Waals surface area contributed by atoms with Crippen molar-refractivity contribution in [1.29, 1.82) is 0 Å². The third kappa shape index (κ3) is 3.44. The molecule has 0 atom stereocenters. The first-order valence-corrected chi connectivity index (χ1v) is 7.12. The zero-order valence-corrected chi connectivity index (χ0v) is 13.2.